The minimum absolute atomic E-state index is 0.0264. The maximum atomic E-state index is 12.5. The third-order valence-corrected chi connectivity index (χ3v) is 2.62. The summed E-state index contributed by atoms with van der Waals surface area (Å²) < 4.78 is 112. The van der Waals surface area contributed by atoms with Gasteiger partial charge in [-0.1, -0.05) is 0 Å². The van der Waals surface area contributed by atoms with E-state index in [1.807, 2.05) is 0 Å². The second-order valence-electron chi connectivity index (χ2n) is 3.37. The second kappa shape index (κ2) is 4.70. The van der Waals surface area contributed by atoms with Gasteiger partial charge in [0.2, 0.25) is 0 Å². The lowest BCUT2D eigenvalue weighted by Gasteiger charge is -2.21. The summed E-state index contributed by atoms with van der Waals surface area (Å²) >= 11 is 1.09. The molecule has 1 aromatic rings. The molecule has 0 unspecified atom stereocenters. The lowest BCUT2D eigenvalue weighted by atomic mass is 9.99. The highest BCUT2D eigenvalue weighted by Gasteiger charge is 2.50. The van der Waals surface area contributed by atoms with Crippen LogP contribution in [0.25, 0.3) is 0 Å². The van der Waals surface area contributed by atoms with E-state index in [-0.39, 0.29) is 12.1 Å². The van der Waals surface area contributed by atoms with Crippen molar-refractivity contribution >= 4 is 22.6 Å². The molecule has 0 aliphatic rings. The first kappa shape index (κ1) is 16.4. The monoisotopic (exact) mass is 408 g/mol. The van der Waals surface area contributed by atoms with Gasteiger partial charge in [-0.25, -0.2) is 0 Å². The van der Waals surface area contributed by atoms with E-state index in [1.165, 1.54) is 0 Å². The first-order valence-corrected chi connectivity index (χ1v) is 5.37. The molecule has 0 aromatic heterocycles. The van der Waals surface area contributed by atoms with Gasteiger partial charge in [0.1, 0.15) is 0 Å². The normalized spacial score (nSPS) is 13.8. The zero-order chi connectivity index (χ0) is 15.2. The van der Waals surface area contributed by atoms with Crippen LogP contribution in [0.4, 0.5) is 39.5 Å². The number of halogens is 10. The molecule has 0 bridgehead atoms. The summed E-state index contributed by atoms with van der Waals surface area (Å²) in [4.78, 5) is 0. The molecule has 108 valence electrons. The fourth-order valence-electron chi connectivity index (χ4n) is 1.36. The fraction of sp³-hybridized carbons (Fsp3) is 0.333. The molecule has 1 aromatic carbocycles. The molecule has 1 rings (SSSR count). The molecule has 0 heterocycles. The van der Waals surface area contributed by atoms with Gasteiger partial charge in [-0.2, -0.15) is 39.5 Å². The zero-order valence-corrected chi connectivity index (χ0v) is 10.6. The summed E-state index contributed by atoms with van der Waals surface area (Å²) in [5, 5.41) is 0. The first-order valence-electron chi connectivity index (χ1n) is 4.29. The molecule has 0 saturated carbocycles. The molecule has 0 fully saturated rings. The molecule has 0 spiro atoms. The van der Waals surface area contributed by atoms with Crippen LogP contribution in [0.3, 0.4) is 0 Å². The van der Waals surface area contributed by atoms with Gasteiger partial charge in [0, 0.05) is 3.57 Å². The maximum absolute atomic E-state index is 12.5. The summed E-state index contributed by atoms with van der Waals surface area (Å²) in [6.07, 6.45) is -16.8. The van der Waals surface area contributed by atoms with Gasteiger partial charge in [0.15, 0.2) is 0 Å². The van der Waals surface area contributed by atoms with Gasteiger partial charge in [-0.15, -0.1) is 0 Å². The van der Waals surface area contributed by atoms with Crippen molar-refractivity contribution in [1.29, 1.82) is 0 Å². The van der Waals surface area contributed by atoms with Crippen molar-refractivity contribution < 1.29 is 39.5 Å². The summed E-state index contributed by atoms with van der Waals surface area (Å²) in [5.41, 5.74) is -7.41. The van der Waals surface area contributed by atoms with Gasteiger partial charge in [0.05, 0.1) is 16.7 Å². The third kappa shape index (κ3) is 3.66. The van der Waals surface area contributed by atoms with E-state index < -0.39 is 38.8 Å². The van der Waals surface area contributed by atoms with Crippen molar-refractivity contribution in [3.05, 3.63) is 32.4 Å². The number of hydrogen-bond donors (Lipinski definition) is 0. The van der Waals surface area contributed by atoms with Gasteiger partial charge in [-0.3, -0.25) is 0 Å². The Hall–Kier alpha value is -0.680. The summed E-state index contributed by atoms with van der Waals surface area (Å²) in [6, 6.07) is 0.0528. The summed E-state index contributed by atoms with van der Waals surface area (Å²) in [7, 11) is 0. The highest BCUT2D eigenvalue weighted by molar-refractivity contribution is 14.1. The second-order valence-corrected chi connectivity index (χ2v) is 4.61. The Balaban J connectivity index is 3.80. The van der Waals surface area contributed by atoms with Crippen LogP contribution in [0.5, 0.6) is 0 Å². The SMILES string of the molecule is FC(F)(F)c1cc(I)cc(C(F)(F)F)c1C(F)(F)F. The molecule has 19 heavy (non-hydrogen) atoms. The third-order valence-electron chi connectivity index (χ3n) is 2.00. The van der Waals surface area contributed by atoms with Crippen molar-refractivity contribution in [1.82, 2.24) is 0 Å². The molecule has 0 amide bonds. The quantitative estimate of drug-likeness (QED) is 0.402. The minimum atomic E-state index is -5.76. The number of hydrogen-bond acceptors (Lipinski definition) is 0. The van der Waals surface area contributed by atoms with Gasteiger partial charge >= 0.3 is 18.5 Å². The first-order chi connectivity index (χ1) is 8.24. The fourth-order valence-corrected chi connectivity index (χ4v) is 1.98. The van der Waals surface area contributed by atoms with E-state index in [1.54, 1.807) is 0 Å². The predicted octanol–water partition coefficient (Wildman–Crippen LogP) is 5.35. The largest absolute Gasteiger partial charge is 0.417 e. The van der Waals surface area contributed by atoms with E-state index in [0.29, 0.717) is 0 Å². The van der Waals surface area contributed by atoms with Gasteiger partial charge in [0.25, 0.3) is 0 Å². The Bertz CT molecular complexity index is 445. The molecule has 0 aliphatic carbocycles. The molecule has 0 radical (unpaired) electrons. The van der Waals surface area contributed by atoms with Crippen LogP contribution >= 0.6 is 22.6 Å². The van der Waals surface area contributed by atoms with Crippen molar-refractivity contribution in [2.24, 2.45) is 0 Å². The smallest absolute Gasteiger partial charge is 0.166 e. The number of benzene rings is 1. The molecule has 0 aliphatic heterocycles. The van der Waals surface area contributed by atoms with Crippen LogP contribution in [0.15, 0.2) is 12.1 Å². The average Bonchev–Trinajstić information content (AvgIpc) is 2.11. The Labute approximate surface area is 113 Å². The topological polar surface area (TPSA) is 0 Å². The lowest BCUT2D eigenvalue weighted by molar-refractivity contribution is -0.174. The number of alkyl halides is 9. The van der Waals surface area contributed by atoms with Crippen LogP contribution in [0, 0.1) is 3.57 Å². The van der Waals surface area contributed by atoms with Crippen molar-refractivity contribution in [3.63, 3.8) is 0 Å². The van der Waals surface area contributed by atoms with Gasteiger partial charge < -0.3 is 0 Å². The zero-order valence-electron chi connectivity index (χ0n) is 8.43. The highest BCUT2D eigenvalue weighted by Crippen LogP contribution is 2.47. The van der Waals surface area contributed by atoms with Crippen molar-refractivity contribution in [2.45, 2.75) is 18.5 Å². The highest BCUT2D eigenvalue weighted by atomic mass is 127. The average molecular weight is 408 g/mol. The lowest BCUT2D eigenvalue weighted by Crippen LogP contribution is -2.23. The molecule has 0 N–H and O–H groups in total. The molecule has 0 saturated heterocycles. The molecular weight excluding hydrogens is 406 g/mol. The van der Waals surface area contributed by atoms with Crippen LogP contribution in [0.2, 0.25) is 0 Å². The Kier molecular flexibility index (Phi) is 4.05. The maximum Gasteiger partial charge on any atom is 0.417 e. The van der Waals surface area contributed by atoms with E-state index >= 15 is 0 Å². The van der Waals surface area contributed by atoms with E-state index in [2.05, 4.69) is 0 Å². The Morgan fingerprint density at radius 3 is 1.16 bits per heavy atom. The van der Waals surface area contributed by atoms with Crippen molar-refractivity contribution in [3.8, 4) is 0 Å². The summed E-state index contributed by atoms with van der Waals surface area (Å²) in [6.45, 7) is 0. The molecule has 0 nitrogen and oxygen atoms in total. The predicted molar refractivity (Wildman–Crippen MR) is 54.2 cm³/mol. The number of rotatable bonds is 0. The molecule has 10 heteroatoms. The van der Waals surface area contributed by atoms with Crippen LogP contribution in [0.1, 0.15) is 16.7 Å². The van der Waals surface area contributed by atoms with E-state index in [9.17, 15) is 39.5 Å². The van der Waals surface area contributed by atoms with Crippen LogP contribution in [-0.4, -0.2) is 0 Å². The minimum Gasteiger partial charge on any atom is -0.166 e. The standard InChI is InChI=1S/C9H2F9I/c10-7(11,12)4-1-3(19)2-5(8(13,14)15)6(4)9(16,17)18/h1-2H. The van der Waals surface area contributed by atoms with E-state index in [4.69, 9.17) is 0 Å². The van der Waals surface area contributed by atoms with Crippen molar-refractivity contribution in [2.75, 3.05) is 0 Å². The van der Waals surface area contributed by atoms with E-state index in [0.717, 1.165) is 22.6 Å². The molecular formula is C9H2F9I. The van der Waals surface area contributed by atoms with Gasteiger partial charge in [-0.05, 0) is 34.7 Å². The molecule has 0 atom stereocenters. The Morgan fingerprint density at radius 2 is 0.947 bits per heavy atom. The Morgan fingerprint density at radius 1 is 0.632 bits per heavy atom. The van der Waals surface area contributed by atoms with Crippen LogP contribution in [-0.2, 0) is 18.5 Å². The van der Waals surface area contributed by atoms with Crippen LogP contribution < -0.4 is 0 Å². The summed E-state index contributed by atoms with van der Waals surface area (Å²) in [5.74, 6) is 0.